The maximum Gasteiger partial charge on any atom is 0.407 e. The molecule has 0 spiro atoms. The van der Waals surface area contributed by atoms with Crippen LogP contribution in [0, 0.1) is 10.2 Å². The van der Waals surface area contributed by atoms with Crippen molar-refractivity contribution in [3.05, 3.63) is 72.9 Å². The van der Waals surface area contributed by atoms with Crippen molar-refractivity contribution in [1.29, 1.82) is 0 Å². The van der Waals surface area contributed by atoms with Gasteiger partial charge in [0.05, 0.1) is 11.8 Å². The van der Waals surface area contributed by atoms with Gasteiger partial charge in [0.15, 0.2) is 0 Å². The van der Waals surface area contributed by atoms with E-state index in [0.717, 1.165) is 11.4 Å². The Bertz CT molecular complexity index is 792. The van der Waals surface area contributed by atoms with Crippen molar-refractivity contribution in [3.63, 3.8) is 0 Å². The van der Waals surface area contributed by atoms with E-state index < -0.39 is 10.2 Å². The second-order valence-corrected chi connectivity index (χ2v) is 5.42. The average Bonchev–Trinajstić information content (AvgIpc) is 2.55. The Hall–Kier alpha value is -2.75. The summed E-state index contributed by atoms with van der Waals surface area (Å²) in [5.41, 5.74) is 7.28. The average molecular weight is 364 g/mol. The summed E-state index contributed by atoms with van der Waals surface area (Å²) >= 11 is 0. The molecule has 0 saturated carbocycles. The maximum atomic E-state index is 8.49. The van der Waals surface area contributed by atoms with Gasteiger partial charge in [0.2, 0.25) is 5.69 Å². The van der Waals surface area contributed by atoms with E-state index in [2.05, 4.69) is 5.10 Å². The van der Waals surface area contributed by atoms with Crippen molar-refractivity contribution in [2.75, 3.05) is 5.73 Å². The molecule has 2 aromatic carbocycles. The molecule has 3 aromatic rings. The summed E-state index contributed by atoms with van der Waals surface area (Å²) < 4.78 is 41.5. The van der Waals surface area contributed by atoms with E-state index in [0.29, 0.717) is 11.6 Å². The number of para-hydroxylation sites is 2. The SMILES string of the molecule is Nc1cn[n+](-c2ccccc2)c(Oc2ccccc2)c1.[O-][Cl+3]([O-])([O-])[O-]. The highest BCUT2D eigenvalue weighted by atomic mass is 35.7. The highest BCUT2D eigenvalue weighted by Gasteiger charge is 2.18. The fourth-order valence-electron chi connectivity index (χ4n) is 1.87. The Kier molecular flexibility index (Phi) is 6.23. The minimum atomic E-state index is -4.94. The third-order valence-corrected chi connectivity index (χ3v) is 2.79. The van der Waals surface area contributed by atoms with Gasteiger partial charge in [-0.3, -0.25) is 0 Å². The van der Waals surface area contributed by atoms with Crippen molar-refractivity contribution in [2.45, 2.75) is 0 Å². The Balaban J connectivity index is 0.000000399. The highest BCUT2D eigenvalue weighted by molar-refractivity contribution is 5.38. The number of ether oxygens (including phenoxy) is 1. The minimum absolute atomic E-state index is 0.558. The molecule has 0 aliphatic rings. The largest absolute Gasteiger partial charge is 0.407 e. The van der Waals surface area contributed by atoms with Crippen LogP contribution in [0.3, 0.4) is 0 Å². The predicted octanol–water partition coefficient (Wildman–Crippen LogP) is -2.02. The van der Waals surface area contributed by atoms with E-state index in [9.17, 15) is 0 Å². The molecule has 8 nitrogen and oxygen atoms in total. The summed E-state index contributed by atoms with van der Waals surface area (Å²) in [6.07, 6.45) is 1.60. The zero-order valence-electron chi connectivity index (χ0n) is 12.8. The standard InChI is InChI=1S/C16H13N3O.ClHO4/c17-13-11-16(20-15-9-5-2-6-10-15)19(18-12-13)14-7-3-1-4-8-14;2-1(3,4)5/h1-12,17H;(H,2,3,4,5). The molecule has 0 atom stereocenters. The van der Waals surface area contributed by atoms with Crippen LogP contribution >= 0.6 is 0 Å². The second-order valence-electron chi connectivity index (χ2n) is 4.67. The van der Waals surface area contributed by atoms with Crippen LogP contribution in [0.25, 0.3) is 5.69 Å². The van der Waals surface area contributed by atoms with Crippen molar-refractivity contribution >= 4 is 5.69 Å². The van der Waals surface area contributed by atoms with E-state index in [1.807, 2.05) is 60.7 Å². The zero-order valence-corrected chi connectivity index (χ0v) is 13.6. The predicted molar refractivity (Wildman–Crippen MR) is 76.7 cm³/mol. The summed E-state index contributed by atoms with van der Waals surface area (Å²) in [6.45, 7) is 0. The molecule has 3 rings (SSSR count). The zero-order chi connectivity index (χ0) is 18.3. The number of nitrogens with zero attached hydrogens (tertiary/aromatic N) is 2. The molecule has 0 amide bonds. The molecule has 130 valence electrons. The van der Waals surface area contributed by atoms with E-state index in [1.54, 1.807) is 16.9 Å². The lowest BCUT2D eigenvalue weighted by Gasteiger charge is -2.17. The number of nitrogen functional groups attached to an aromatic ring is 1. The van der Waals surface area contributed by atoms with Crippen molar-refractivity contribution < 1.29 is 38.3 Å². The van der Waals surface area contributed by atoms with Crippen LogP contribution in [0.1, 0.15) is 0 Å². The Labute approximate surface area is 145 Å². The van der Waals surface area contributed by atoms with Gasteiger partial charge >= 0.3 is 5.88 Å². The van der Waals surface area contributed by atoms with Crippen LogP contribution in [-0.2, 0) is 0 Å². The topological polar surface area (TPSA) is 144 Å². The molecule has 0 bridgehead atoms. The van der Waals surface area contributed by atoms with Gasteiger partial charge < -0.3 is 10.5 Å². The van der Waals surface area contributed by atoms with Crippen LogP contribution in [0.5, 0.6) is 11.6 Å². The molecular formula is C16H14ClN3O5. The Morgan fingerprint density at radius 3 is 1.96 bits per heavy atom. The number of rotatable bonds is 3. The van der Waals surface area contributed by atoms with Crippen molar-refractivity contribution in [1.82, 2.24) is 5.10 Å². The molecule has 1 aromatic heterocycles. The molecule has 0 radical (unpaired) electrons. The van der Waals surface area contributed by atoms with Gasteiger partial charge in [0.1, 0.15) is 11.9 Å². The monoisotopic (exact) mass is 363 g/mol. The summed E-state index contributed by atoms with van der Waals surface area (Å²) in [7, 11) is -4.94. The third kappa shape index (κ3) is 6.71. The van der Waals surface area contributed by atoms with E-state index in [4.69, 9.17) is 29.1 Å². The number of hydrogen-bond acceptors (Lipinski definition) is 7. The van der Waals surface area contributed by atoms with E-state index in [1.165, 1.54) is 0 Å². The molecule has 2 N–H and O–H groups in total. The summed E-state index contributed by atoms with van der Waals surface area (Å²) in [5, 5.41) is 4.31. The molecular weight excluding hydrogens is 350 g/mol. The van der Waals surface area contributed by atoms with Gasteiger partial charge in [-0.2, -0.15) is 0 Å². The number of aromatic nitrogens is 2. The lowest BCUT2D eigenvalue weighted by Crippen LogP contribution is -2.68. The first-order chi connectivity index (χ1) is 11.8. The molecule has 25 heavy (non-hydrogen) atoms. The van der Waals surface area contributed by atoms with Crippen LogP contribution < -0.4 is 33.8 Å². The van der Waals surface area contributed by atoms with Gasteiger partial charge in [-0.25, -0.2) is 18.6 Å². The summed E-state index contributed by atoms with van der Waals surface area (Å²) in [5.74, 6) is 1.31. The molecule has 0 aliphatic heterocycles. The van der Waals surface area contributed by atoms with Crippen LogP contribution in [0.4, 0.5) is 5.69 Å². The highest BCUT2D eigenvalue weighted by Crippen LogP contribution is 2.19. The molecule has 0 aliphatic carbocycles. The number of anilines is 1. The van der Waals surface area contributed by atoms with Crippen molar-refractivity contribution in [2.24, 2.45) is 0 Å². The van der Waals surface area contributed by atoms with Crippen LogP contribution in [0.2, 0.25) is 0 Å². The molecule has 0 saturated heterocycles. The number of halogens is 1. The van der Waals surface area contributed by atoms with E-state index >= 15 is 0 Å². The normalized spacial score (nSPS) is 10.6. The lowest BCUT2D eigenvalue weighted by molar-refractivity contribution is -2.00. The first-order valence-electron chi connectivity index (χ1n) is 6.91. The molecule has 9 heteroatoms. The van der Waals surface area contributed by atoms with Crippen LogP contribution in [-0.4, -0.2) is 5.10 Å². The van der Waals surface area contributed by atoms with Crippen molar-refractivity contribution in [3.8, 4) is 17.3 Å². The summed E-state index contributed by atoms with van der Waals surface area (Å²) in [4.78, 5) is 0. The van der Waals surface area contributed by atoms with E-state index in [-0.39, 0.29) is 0 Å². The number of hydrogen-bond donors (Lipinski definition) is 1. The minimum Gasteiger partial charge on any atom is -0.403 e. The number of nitrogens with two attached hydrogens (primary N) is 1. The summed E-state index contributed by atoms with van der Waals surface area (Å²) in [6, 6.07) is 21.1. The Morgan fingerprint density at radius 2 is 1.40 bits per heavy atom. The maximum absolute atomic E-state index is 8.49. The Morgan fingerprint density at radius 1 is 0.880 bits per heavy atom. The van der Waals surface area contributed by atoms with Gasteiger partial charge in [-0.1, -0.05) is 36.4 Å². The molecule has 1 heterocycles. The first-order valence-corrected chi connectivity index (χ1v) is 8.14. The second kappa shape index (κ2) is 8.38. The third-order valence-electron chi connectivity index (χ3n) is 2.79. The molecule has 0 unspecified atom stereocenters. The van der Waals surface area contributed by atoms with Gasteiger partial charge in [0.25, 0.3) is 0 Å². The van der Waals surface area contributed by atoms with Crippen LogP contribution in [0.15, 0.2) is 72.9 Å². The van der Waals surface area contributed by atoms with Gasteiger partial charge in [0, 0.05) is 17.2 Å². The number of benzene rings is 2. The first kappa shape index (κ1) is 18.6. The quantitative estimate of drug-likeness (QED) is 0.528. The fourth-order valence-corrected chi connectivity index (χ4v) is 1.87. The smallest absolute Gasteiger partial charge is 0.403 e. The lowest BCUT2D eigenvalue weighted by atomic mass is 10.3. The fraction of sp³-hybridized carbons (Fsp3) is 0. The molecule has 0 fully saturated rings. The van der Waals surface area contributed by atoms with Gasteiger partial charge in [-0.05, 0) is 16.8 Å². The van der Waals surface area contributed by atoms with Gasteiger partial charge in [-0.15, -0.1) is 10.2 Å².